The number of hydrogen-bond acceptors (Lipinski definition) is 0. The maximum Gasteiger partial charge on any atom is -0.0267 e. The molecule has 1 heteroatoms. The van der Waals surface area contributed by atoms with E-state index in [-0.39, 0.29) is 0 Å². The van der Waals surface area contributed by atoms with E-state index in [1.54, 1.807) is 0 Å². The second kappa shape index (κ2) is 7.10. The van der Waals surface area contributed by atoms with Crippen molar-refractivity contribution >= 4 is 8.58 Å². The van der Waals surface area contributed by atoms with Crippen LogP contribution in [0.25, 0.3) is 0 Å². The number of rotatable bonds is 6. The standard InChI is InChI=1S/C10H23P/c1-5-6-9(2)7-8-10(3)11-4/h9-11H,5-8H2,1-4H3. The lowest BCUT2D eigenvalue weighted by molar-refractivity contribution is 0.469. The van der Waals surface area contributed by atoms with Crippen molar-refractivity contribution in [1.82, 2.24) is 0 Å². The minimum Gasteiger partial charge on any atom is -0.122 e. The summed E-state index contributed by atoms with van der Waals surface area (Å²) in [6, 6.07) is 0. The largest absolute Gasteiger partial charge is 0.122 e. The lowest BCUT2D eigenvalue weighted by atomic mass is 9.99. The van der Waals surface area contributed by atoms with E-state index in [0.717, 1.165) is 20.2 Å². The van der Waals surface area contributed by atoms with Crippen molar-refractivity contribution in [3.63, 3.8) is 0 Å². The molecule has 0 nitrogen and oxygen atoms in total. The van der Waals surface area contributed by atoms with Crippen molar-refractivity contribution in [3.8, 4) is 0 Å². The Bertz CT molecular complexity index is 80.9. The fraction of sp³-hybridized carbons (Fsp3) is 1.00. The third-order valence-corrected chi connectivity index (χ3v) is 3.64. The zero-order valence-electron chi connectivity index (χ0n) is 8.48. The molecule has 3 unspecified atom stereocenters. The molecular formula is C10H23P. The third-order valence-electron chi connectivity index (χ3n) is 2.37. The van der Waals surface area contributed by atoms with Crippen molar-refractivity contribution in [2.45, 2.75) is 52.1 Å². The first-order chi connectivity index (χ1) is 5.20. The van der Waals surface area contributed by atoms with Gasteiger partial charge < -0.3 is 0 Å². The first-order valence-corrected chi connectivity index (χ1v) is 6.45. The topological polar surface area (TPSA) is 0 Å². The molecule has 0 aromatic heterocycles. The Labute approximate surface area is 73.9 Å². The molecule has 0 heterocycles. The third kappa shape index (κ3) is 6.81. The van der Waals surface area contributed by atoms with Crippen LogP contribution in [-0.4, -0.2) is 12.3 Å². The minimum atomic E-state index is 0.957. The van der Waals surface area contributed by atoms with Gasteiger partial charge >= 0.3 is 0 Å². The predicted molar refractivity (Wildman–Crippen MR) is 57.0 cm³/mol. The van der Waals surface area contributed by atoms with Gasteiger partial charge in [0.1, 0.15) is 0 Å². The molecule has 0 radical (unpaired) electrons. The molecule has 0 amide bonds. The van der Waals surface area contributed by atoms with Gasteiger partial charge in [0, 0.05) is 0 Å². The monoisotopic (exact) mass is 174 g/mol. The second-order valence-electron chi connectivity index (χ2n) is 3.66. The van der Waals surface area contributed by atoms with Gasteiger partial charge in [-0.2, -0.15) is 0 Å². The summed E-state index contributed by atoms with van der Waals surface area (Å²) in [5, 5.41) is 0. The maximum absolute atomic E-state index is 2.38. The molecule has 0 aromatic rings. The first-order valence-electron chi connectivity index (χ1n) is 4.88. The maximum atomic E-state index is 2.38. The Kier molecular flexibility index (Phi) is 7.38. The lowest BCUT2D eigenvalue weighted by Gasteiger charge is -2.12. The number of hydrogen-bond donors (Lipinski definition) is 0. The molecule has 0 saturated carbocycles. The zero-order valence-corrected chi connectivity index (χ0v) is 9.48. The van der Waals surface area contributed by atoms with E-state index in [1.807, 2.05) is 0 Å². The van der Waals surface area contributed by atoms with Crippen LogP contribution in [0.5, 0.6) is 0 Å². The summed E-state index contributed by atoms with van der Waals surface area (Å²) in [6.45, 7) is 9.35. The summed E-state index contributed by atoms with van der Waals surface area (Å²) in [7, 11) is 1.13. The van der Waals surface area contributed by atoms with Crippen LogP contribution < -0.4 is 0 Å². The van der Waals surface area contributed by atoms with E-state index in [9.17, 15) is 0 Å². The molecule has 0 aliphatic rings. The Morgan fingerprint density at radius 2 is 1.73 bits per heavy atom. The van der Waals surface area contributed by atoms with Crippen LogP contribution in [0.4, 0.5) is 0 Å². The van der Waals surface area contributed by atoms with Gasteiger partial charge in [-0.15, -0.1) is 8.58 Å². The predicted octanol–water partition coefficient (Wildman–Crippen LogP) is 3.90. The van der Waals surface area contributed by atoms with Gasteiger partial charge in [-0.1, -0.05) is 40.0 Å². The quantitative estimate of drug-likeness (QED) is 0.536. The summed E-state index contributed by atoms with van der Waals surface area (Å²) in [4.78, 5) is 0. The Morgan fingerprint density at radius 3 is 2.18 bits per heavy atom. The fourth-order valence-corrected chi connectivity index (χ4v) is 1.77. The van der Waals surface area contributed by atoms with Gasteiger partial charge in [-0.05, 0) is 24.7 Å². The second-order valence-corrected chi connectivity index (χ2v) is 5.22. The van der Waals surface area contributed by atoms with Crippen LogP contribution in [0.3, 0.4) is 0 Å². The molecule has 0 aromatic carbocycles. The summed E-state index contributed by atoms with van der Waals surface area (Å²) in [5.41, 5.74) is 0.967. The van der Waals surface area contributed by atoms with Crippen molar-refractivity contribution < 1.29 is 0 Å². The van der Waals surface area contributed by atoms with Crippen molar-refractivity contribution in [2.75, 3.05) is 6.66 Å². The highest BCUT2D eigenvalue weighted by Gasteiger charge is 2.03. The minimum absolute atomic E-state index is 0.957. The van der Waals surface area contributed by atoms with E-state index in [4.69, 9.17) is 0 Å². The van der Waals surface area contributed by atoms with Crippen molar-refractivity contribution in [1.29, 1.82) is 0 Å². The van der Waals surface area contributed by atoms with Gasteiger partial charge in [0.2, 0.25) is 0 Å². The van der Waals surface area contributed by atoms with Crippen LogP contribution in [0.15, 0.2) is 0 Å². The van der Waals surface area contributed by atoms with E-state index >= 15 is 0 Å². The van der Waals surface area contributed by atoms with E-state index in [1.165, 1.54) is 25.7 Å². The molecule has 0 bridgehead atoms. The van der Waals surface area contributed by atoms with Gasteiger partial charge in [-0.25, -0.2) is 0 Å². The molecule has 0 N–H and O–H groups in total. The molecule has 0 spiro atoms. The SMILES string of the molecule is CCCC(C)CCC(C)PC. The van der Waals surface area contributed by atoms with Crippen LogP contribution in [0.1, 0.15) is 46.5 Å². The Balaban J connectivity index is 3.22. The molecule has 0 aliphatic carbocycles. The molecule has 0 saturated heterocycles. The Morgan fingerprint density at radius 1 is 1.09 bits per heavy atom. The smallest absolute Gasteiger partial charge is 0.0267 e. The summed E-state index contributed by atoms with van der Waals surface area (Å²) < 4.78 is 0. The highest BCUT2D eigenvalue weighted by atomic mass is 31.1. The molecule has 0 fully saturated rings. The van der Waals surface area contributed by atoms with E-state index in [2.05, 4.69) is 27.4 Å². The average Bonchev–Trinajstić information content (AvgIpc) is 2.01. The lowest BCUT2D eigenvalue weighted by Crippen LogP contribution is -1.99. The van der Waals surface area contributed by atoms with E-state index in [0.29, 0.717) is 0 Å². The van der Waals surface area contributed by atoms with Crippen molar-refractivity contribution in [3.05, 3.63) is 0 Å². The normalized spacial score (nSPS) is 17.5. The van der Waals surface area contributed by atoms with Gasteiger partial charge in [0.25, 0.3) is 0 Å². The Hall–Kier alpha value is 0.430. The highest BCUT2D eigenvalue weighted by Crippen LogP contribution is 2.22. The summed E-state index contributed by atoms with van der Waals surface area (Å²) in [6.07, 6.45) is 5.65. The van der Waals surface area contributed by atoms with Crippen LogP contribution >= 0.6 is 8.58 Å². The molecule has 68 valence electrons. The molecule has 0 aliphatic heterocycles. The molecule has 3 atom stereocenters. The van der Waals surface area contributed by atoms with Gasteiger partial charge in [-0.3, -0.25) is 0 Å². The molecule has 11 heavy (non-hydrogen) atoms. The summed E-state index contributed by atoms with van der Waals surface area (Å²) in [5.74, 6) is 0.957. The van der Waals surface area contributed by atoms with Crippen LogP contribution in [-0.2, 0) is 0 Å². The van der Waals surface area contributed by atoms with Crippen LogP contribution in [0.2, 0.25) is 0 Å². The van der Waals surface area contributed by atoms with Crippen LogP contribution in [0, 0.1) is 5.92 Å². The van der Waals surface area contributed by atoms with Gasteiger partial charge in [0.15, 0.2) is 0 Å². The molecular weight excluding hydrogens is 151 g/mol. The van der Waals surface area contributed by atoms with Gasteiger partial charge in [0.05, 0.1) is 0 Å². The fourth-order valence-electron chi connectivity index (χ4n) is 1.32. The summed E-state index contributed by atoms with van der Waals surface area (Å²) >= 11 is 0. The highest BCUT2D eigenvalue weighted by molar-refractivity contribution is 7.37. The van der Waals surface area contributed by atoms with Crippen molar-refractivity contribution in [2.24, 2.45) is 5.92 Å². The molecule has 0 rings (SSSR count). The first kappa shape index (κ1) is 11.4. The average molecular weight is 174 g/mol. The van der Waals surface area contributed by atoms with E-state index < -0.39 is 0 Å². The zero-order chi connectivity index (χ0) is 8.69.